The largest absolute Gasteiger partial charge is 0.468 e. The number of nitrogens with zero attached hydrogens (tertiary/aromatic N) is 2. The van der Waals surface area contributed by atoms with Gasteiger partial charge < -0.3 is 14.2 Å². The second-order valence-corrected chi connectivity index (χ2v) is 20.8. The molecular formula is C49H56Cl2N2O7S3. The van der Waals surface area contributed by atoms with Gasteiger partial charge in [0.15, 0.2) is 0 Å². The highest BCUT2D eigenvalue weighted by Crippen LogP contribution is 2.81. The molecule has 1 spiro atoms. The molecular weight excluding hydrogens is 896 g/mol. The summed E-state index contributed by atoms with van der Waals surface area (Å²) < 4.78 is 27.0. The lowest BCUT2D eigenvalue weighted by Gasteiger charge is -2.58. The van der Waals surface area contributed by atoms with Crippen LogP contribution < -0.4 is 9.47 Å². The first-order valence-electron chi connectivity index (χ1n) is 22.2. The molecule has 63 heavy (non-hydrogen) atoms. The minimum absolute atomic E-state index is 0.0231. The fourth-order valence-corrected chi connectivity index (χ4v) is 11.8. The van der Waals surface area contributed by atoms with Crippen molar-refractivity contribution in [1.82, 2.24) is 0 Å². The highest BCUT2D eigenvalue weighted by molar-refractivity contribution is 8.26. The topological polar surface area (TPSA) is 124 Å². The zero-order chi connectivity index (χ0) is 45.4. The predicted molar refractivity (Wildman–Crippen MR) is 253 cm³/mol. The van der Waals surface area contributed by atoms with Crippen LogP contribution in [0.3, 0.4) is 0 Å². The molecule has 0 amide bonds. The number of hydrogen-bond donors (Lipinski definition) is 0. The van der Waals surface area contributed by atoms with Crippen LogP contribution >= 0.6 is 44.9 Å². The van der Waals surface area contributed by atoms with Crippen LogP contribution in [0.15, 0.2) is 68.3 Å². The number of allylic oxidation sites excluding steroid dienone is 1. The molecule has 7 rings (SSSR count). The summed E-state index contributed by atoms with van der Waals surface area (Å²) in [6, 6.07) is 19.0. The standard InChI is InChI=1S/C41H40N2O4S2.C8H16O2.Cl2OS/c1-4-6-8-10-12-22-30(44)46-36-32-33(35-26-19-15-17-21-28(26)41(35)27-20-16-14-18-25(27)34(32)41)37(47-31(45)23-13-11-9-7-5-2)39-38(36)48-40(49-39)29(24-42)43-3;1-2-3-4-5-6-7-10-8-9;1-4(2)3/h14-21,34-35H,4-13,22-23H2,1-2H3;8H,2-7H2,1H3;. The summed E-state index contributed by atoms with van der Waals surface area (Å²) in [6.07, 6.45) is 16.8. The van der Waals surface area contributed by atoms with Crippen molar-refractivity contribution in [2.75, 3.05) is 6.61 Å². The number of halogens is 2. The maximum absolute atomic E-state index is 13.6. The summed E-state index contributed by atoms with van der Waals surface area (Å²) in [4.78, 5) is 41.8. The third kappa shape index (κ3) is 11.4. The van der Waals surface area contributed by atoms with Gasteiger partial charge in [-0.25, -0.2) is 14.3 Å². The van der Waals surface area contributed by atoms with Gasteiger partial charge in [-0.15, -0.1) is 0 Å². The minimum atomic E-state index is -1.67. The smallest absolute Gasteiger partial charge is 0.311 e. The van der Waals surface area contributed by atoms with Gasteiger partial charge in [0.05, 0.1) is 33.3 Å². The van der Waals surface area contributed by atoms with Gasteiger partial charge in [-0.05, 0) is 41.5 Å². The number of benzene rings is 3. The highest BCUT2D eigenvalue weighted by Gasteiger charge is 2.71. The molecule has 1 heterocycles. The van der Waals surface area contributed by atoms with Crippen LogP contribution in [0.1, 0.15) is 175 Å². The van der Waals surface area contributed by atoms with E-state index in [1.165, 1.54) is 71.5 Å². The Labute approximate surface area is 392 Å². The fourth-order valence-electron chi connectivity index (χ4n) is 9.27. The van der Waals surface area contributed by atoms with Crippen molar-refractivity contribution < 1.29 is 32.8 Å². The van der Waals surface area contributed by atoms with E-state index in [9.17, 15) is 19.6 Å². The van der Waals surface area contributed by atoms with Crippen LogP contribution in [0.25, 0.3) is 4.85 Å². The Hall–Kier alpha value is -3.78. The van der Waals surface area contributed by atoms with Crippen molar-refractivity contribution in [1.29, 1.82) is 5.26 Å². The number of carbonyl (C=O) groups excluding carboxylic acids is 3. The third-order valence-electron chi connectivity index (χ3n) is 12.0. The van der Waals surface area contributed by atoms with E-state index in [0.29, 0.717) is 51.4 Å². The number of rotatable bonds is 21. The van der Waals surface area contributed by atoms with E-state index in [4.69, 9.17) is 20.3 Å². The fraction of sp³-hybridized carbons (Fsp3) is 0.490. The van der Waals surface area contributed by atoms with Crippen molar-refractivity contribution >= 4 is 72.5 Å². The van der Waals surface area contributed by atoms with Crippen LogP contribution in [0.5, 0.6) is 11.5 Å². The molecule has 4 aliphatic rings. The lowest BCUT2D eigenvalue weighted by Crippen LogP contribution is -2.52. The number of esters is 2. The van der Waals surface area contributed by atoms with Crippen molar-refractivity contribution in [3.8, 4) is 17.6 Å². The Bertz CT molecular complexity index is 2110. The molecule has 0 radical (unpaired) electrons. The molecule has 14 heteroatoms. The first-order chi connectivity index (χ1) is 30.6. The van der Waals surface area contributed by atoms with Crippen molar-refractivity contribution in [2.24, 2.45) is 0 Å². The van der Waals surface area contributed by atoms with Gasteiger partial charge in [-0.2, -0.15) is 0 Å². The molecule has 0 saturated heterocycles. The SMILES string of the molecule is CCCCCCCOC=O.O=S(Cl)Cl.[C-]#[N+]C(C#N)=C1Sc2c(OC(=O)CCCCCCC)c3c(c(OC(=O)CCCCCCC)c2S1)C1c2ccccc2C12c1ccccc1C32. The molecule has 0 bridgehead atoms. The van der Waals surface area contributed by atoms with Gasteiger partial charge in [0, 0.05) is 62.6 Å². The van der Waals surface area contributed by atoms with Gasteiger partial charge in [-0.1, -0.05) is 170 Å². The van der Waals surface area contributed by atoms with E-state index < -0.39 is 9.23 Å². The summed E-state index contributed by atoms with van der Waals surface area (Å²) in [6.45, 7) is 15.3. The van der Waals surface area contributed by atoms with E-state index in [1.807, 2.05) is 6.07 Å². The Balaban J connectivity index is 0.000000463. The molecule has 0 saturated carbocycles. The van der Waals surface area contributed by atoms with E-state index in [-0.39, 0.29) is 34.9 Å². The number of hydrogen-bond acceptors (Lipinski definition) is 10. The summed E-state index contributed by atoms with van der Waals surface area (Å²) in [7, 11) is 7.36. The lowest BCUT2D eigenvalue weighted by atomic mass is 9.43. The van der Waals surface area contributed by atoms with Gasteiger partial charge in [0.25, 0.3) is 12.2 Å². The summed E-state index contributed by atoms with van der Waals surface area (Å²) in [5.41, 5.74) is 6.36. The van der Waals surface area contributed by atoms with Crippen molar-refractivity contribution in [2.45, 2.75) is 157 Å². The summed E-state index contributed by atoms with van der Waals surface area (Å²) in [5.74, 6) is 0.249. The summed E-state index contributed by atoms with van der Waals surface area (Å²) >= 11 is 2.56. The molecule has 3 aromatic carbocycles. The van der Waals surface area contributed by atoms with Crippen LogP contribution in [-0.4, -0.2) is 29.2 Å². The molecule has 0 aromatic heterocycles. The number of unbranched alkanes of at least 4 members (excludes halogenated alkanes) is 12. The Morgan fingerprint density at radius 3 is 1.56 bits per heavy atom. The average Bonchev–Trinajstić information content (AvgIpc) is 3.79. The van der Waals surface area contributed by atoms with Gasteiger partial charge in [0.1, 0.15) is 11.5 Å². The van der Waals surface area contributed by atoms with E-state index in [2.05, 4.69) is 100 Å². The second-order valence-electron chi connectivity index (χ2n) is 16.0. The van der Waals surface area contributed by atoms with Crippen molar-refractivity contribution in [3.05, 3.63) is 103 Å². The number of carbonyl (C=O) groups is 3. The first-order valence-corrected chi connectivity index (χ1v) is 26.6. The minimum Gasteiger partial charge on any atom is -0.468 e. The van der Waals surface area contributed by atoms with Crippen LogP contribution in [0.4, 0.5) is 0 Å². The molecule has 3 aromatic rings. The van der Waals surface area contributed by atoms with Crippen LogP contribution in [-0.2, 0) is 33.8 Å². The van der Waals surface area contributed by atoms with Gasteiger partial charge >= 0.3 is 11.9 Å². The Kier molecular flexibility index (Phi) is 20.0. The number of fused-ring (bicyclic) bond motifs is 8. The zero-order valence-electron chi connectivity index (χ0n) is 36.3. The highest BCUT2D eigenvalue weighted by atomic mass is 36.0. The molecule has 336 valence electrons. The lowest BCUT2D eigenvalue weighted by molar-refractivity contribution is -0.136. The monoisotopic (exact) mass is 950 g/mol. The van der Waals surface area contributed by atoms with E-state index in [1.54, 1.807) is 0 Å². The van der Waals surface area contributed by atoms with Crippen molar-refractivity contribution in [3.63, 3.8) is 0 Å². The molecule has 2 atom stereocenters. The molecule has 1 aliphatic heterocycles. The quantitative estimate of drug-likeness (QED) is 0.0194. The second kappa shape index (κ2) is 25.1. The number of ether oxygens (including phenoxy) is 3. The third-order valence-corrected chi connectivity index (χ3v) is 14.5. The molecule has 0 N–H and O–H groups in total. The summed E-state index contributed by atoms with van der Waals surface area (Å²) in [5, 5.41) is 9.85. The Morgan fingerprint density at radius 2 is 1.16 bits per heavy atom. The molecule has 2 unspecified atom stereocenters. The maximum atomic E-state index is 13.6. The molecule has 3 aliphatic carbocycles. The zero-order valence-corrected chi connectivity index (χ0v) is 40.3. The first kappa shape index (κ1) is 50.2. The van der Waals surface area contributed by atoms with Gasteiger partial charge in [0.2, 0.25) is 9.23 Å². The number of nitriles is 1. The number of thioether (sulfide) groups is 2. The predicted octanol–water partition coefficient (Wildman–Crippen LogP) is 14.1. The van der Waals surface area contributed by atoms with E-state index in [0.717, 1.165) is 81.8 Å². The van der Waals surface area contributed by atoms with Crippen LogP contribution in [0, 0.1) is 17.9 Å². The molecule has 0 fully saturated rings. The Morgan fingerprint density at radius 1 is 0.746 bits per heavy atom. The van der Waals surface area contributed by atoms with Gasteiger partial charge in [-0.3, -0.25) is 14.4 Å². The average molecular weight is 952 g/mol. The molecule has 9 nitrogen and oxygen atoms in total. The van der Waals surface area contributed by atoms with Crippen LogP contribution in [0.2, 0.25) is 0 Å². The maximum Gasteiger partial charge on any atom is 0.311 e. The van der Waals surface area contributed by atoms with E-state index >= 15 is 0 Å². The normalized spacial score (nSPS) is 17.4.